The van der Waals surface area contributed by atoms with Gasteiger partial charge in [0.05, 0.1) is 5.60 Å². The summed E-state index contributed by atoms with van der Waals surface area (Å²) in [6, 6.07) is 0. The van der Waals surface area contributed by atoms with Crippen LogP contribution in [0.15, 0.2) is 0 Å². The third kappa shape index (κ3) is 0.586. The molecule has 3 saturated carbocycles. The van der Waals surface area contributed by atoms with E-state index < -0.39 is 0 Å². The van der Waals surface area contributed by atoms with Gasteiger partial charge in [-0.2, -0.15) is 0 Å². The van der Waals surface area contributed by atoms with E-state index in [9.17, 15) is 0 Å². The molecule has 3 aliphatic rings. The van der Waals surface area contributed by atoms with Crippen molar-refractivity contribution in [3.05, 3.63) is 0 Å². The zero-order chi connectivity index (χ0) is 6.48. The molecule has 0 aromatic carbocycles. The summed E-state index contributed by atoms with van der Waals surface area (Å²) in [7, 11) is 1.85. The molecule has 52 valence electrons. The highest BCUT2D eigenvalue weighted by Gasteiger charge is 2.52. The van der Waals surface area contributed by atoms with E-state index in [1.807, 2.05) is 7.11 Å². The van der Waals surface area contributed by atoms with Gasteiger partial charge in [0.2, 0.25) is 0 Å². The van der Waals surface area contributed by atoms with Crippen molar-refractivity contribution in [3.63, 3.8) is 0 Å². The second-order valence-electron chi connectivity index (χ2n) is 3.76. The molecule has 0 aromatic rings. The second-order valence-corrected chi connectivity index (χ2v) is 3.76. The van der Waals surface area contributed by atoms with Crippen molar-refractivity contribution in [2.75, 3.05) is 7.11 Å². The quantitative estimate of drug-likeness (QED) is 0.520. The highest BCUT2D eigenvalue weighted by molar-refractivity contribution is 5.03. The van der Waals surface area contributed by atoms with E-state index in [2.05, 4.69) is 6.92 Å². The predicted octanol–water partition coefficient (Wildman–Crippen LogP) is 1.82. The lowest BCUT2D eigenvalue weighted by molar-refractivity contribution is -0.0176. The largest absolute Gasteiger partial charge is 0.378 e. The average Bonchev–Trinajstić information content (AvgIpc) is 2.19. The van der Waals surface area contributed by atoms with Crippen LogP contribution in [0.4, 0.5) is 0 Å². The van der Waals surface area contributed by atoms with Crippen LogP contribution >= 0.6 is 0 Å². The van der Waals surface area contributed by atoms with E-state index in [4.69, 9.17) is 4.74 Å². The molecule has 0 spiro atoms. The standard InChI is InChI=1S/C8H14O/c1-8(9-2)5-6-3-7(8)4-6/h6-7H,3-5H2,1-2H3. The van der Waals surface area contributed by atoms with E-state index in [0.29, 0.717) is 0 Å². The highest BCUT2D eigenvalue weighted by Crippen LogP contribution is 2.55. The van der Waals surface area contributed by atoms with Crippen LogP contribution in [0.5, 0.6) is 0 Å². The SMILES string of the molecule is COC1(C)CC2CC1C2. The first-order chi connectivity index (χ1) is 4.24. The van der Waals surface area contributed by atoms with Crippen molar-refractivity contribution in [2.24, 2.45) is 11.8 Å². The Kier molecular flexibility index (Phi) is 0.963. The average molecular weight is 126 g/mol. The summed E-state index contributed by atoms with van der Waals surface area (Å²) >= 11 is 0. The van der Waals surface area contributed by atoms with Crippen molar-refractivity contribution in [2.45, 2.75) is 31.8 Å². The van der Waals surface area contributed by atoms with Crippen LogP contribution in [0.3, 0.4) is 0 Å². The molecule has 0 N–H and O–H groups in total. The highest BCUT2D eigenvalue weighted by atomic mass is 16.5. The Bertz CT molecular complexity index is 127. The van der Waals surface area contributed by atoms with Gasteiger partial charge in [0.1, 0.15) is 0 Å². The van der Waals surface area contributed by atoms with Gasteiger partial charge in [-0.25, -0.2) is 0 Å². The molecule has 2 bridgehead atoms. The van der Waals surface area contributed by atoms with Gasteiger partial charge >= 0.3 is 0 Å². The molecule has 9 heavy (non-hydrogen) atoms. The van der Waals surface area contributed by atoms with Gasteiger partial charge in [-0.1, -0.05) is 0 Å². The minimum atomic E-state index is 0.269. The van der Waals surface area contributed by atoms with E-state index in [1.165, 1.54) is 19.3 Å². The third-order valence-corrected chi connectivity index (χ3v) is 3.26. The van der Waals surface area contributed by atoms with Gasteiger partial charge in [0.15, 0.2) is 0 Å². The summed E-state index contributed by atoms with van der Waals surface area (Å²) in [6.45, 7) is 2.25. The Balaban J connectivity index is 2.13. The lowest BCUT2D eigenvalue weighted by atomic mass is 9.81. The molecular formula is C8H14O. The predicted molar refractivity (Wildman–Crippen MR) is 36.2 cm³/mol. The Hall–Kier alpha value is -0.0400. The summed E-state index contributed by atoms with van der Waals surface area (Å²) in [5, 5.41) is 0. The van der Waals surface area contributed by atoms with Gasteiger partial charge in [0.25, 0.3) is 0 Å². The molecule has 1 nitrogen and oxygen atoms in total. The van der Waals surface area contributed by atoms with Crippen LogP contribution in [0.25, 0.3) is 0 Å². The zero-order valence-electron chi connectivity index (χ0n) is 6.18. The first-order valence-electron chi connectivity index (χ1n) is 3.80. The molecule has 0 radical (unpaired) electrons. The van der Waals surface area contributed by atoms with Gasteiger partial charge in [-0.05, 0) is 38.0 Å². The van der Waals surface area contributed by atoms with Gasteiger partial charge in [-0.15, -0.1) is 0 Å². The molecule has 0 amide bonds. The van der Waals surface area contributed by atoms with Crippen LogP contribution in [0.1, 0.15) is 26.2 Å². The van der Waals surface area contributed by atoms with E-state index in [1.54, 1.807) is 0 Å². The molecule has 3 rings (SSSR count). The summed E-state index contributed by atoms with van der Waals surface area (Å²) in [4.78, 5) is 0. The van der Waals surface area contributed by atoms with Crippen LogP contribution in [0, 0.1) is 11.8 Å². The normalized spacial score (nSPS) is 55.3. The van der Waals surface area contributed by atoms with Crippen LogP contribution in [-0.2, 0) is 4.74 Å². The lowest BCUT2D eigenvalue weighted by Crippen LogP contribution is -2.30. The monoisotopic (exact) mass is 126 g/mol. The Morgan fingerprint density at radius 1 is 1.44 bits per heavy atom. The van der Waals surface area contributed by atoms with Crippen LogP contribution < -0.4 is 0 Å². The molecular weight excluding hydrogens is 112 g/mol. The first kappa shape index (κ1) is 5.72. The topological polar surface area (TPSA) is 9.23 Å². The van der Waals surface area contributed by atoms with Crippen molar-refractivity contribution in [3.8, 4) is 0 Å². The van der Waals surface area contributed by atoms with Crippen molar-refractivity contribution in [1.29, 1.82) is 0 Å². The maximum absolute atomic E-state index is 5.45. The molecule has 1 atom stereocenters. The smallest absolute Gasteiger partial charge is 0.0681 e. The fourth-order valence-corrected chi connectivity index (χ4v) is 2.39. The number of ether oxygens (including phenoxy) is 1. The van der Waals surface area contributed by atoms with Gasteiger partial charge in [0, 0.05) is 7.11 Å². The molecule has 1 unspecified atom stereocenters. The van der Waals surface area contributed by atoms with Crippen LogP contribution in [0.2, 0.25) is 0 Å². The maximum Gasteiger partial charge on any atom is 0.0681 e. The van der Waals surface area contributed by atoms with Crippen LogP contribution in [-0.4, -0.2) is 12.7 Å². The van der Waals surface area contributed by atoms with Crippen molar-refractivity contribution < 1.29 is 4.74 Å². The van der Waals surface area contributed by atoms with Crippen molar-refractivity contribution in [1.82, 2.24) is 0 Å². The number of rotatable bonds is 1. The molecule has 3 fully saturated rings. The van der Waals surface area contributed by atoms with Crippen molar-refractivity contribution >= 4 is 0 Å². The summed E-state index contributed by atoms with van der Waals surface area (Å²) in [6.07, 6.45) is 4.18. The Labute approximate surface area is 56.4 Å². The number of fused-ring (bicyclic) bond motifs is 1. The molecule has 0 saturated heterocycles. The summed E-state index contributed by atoms with van der Waals surface area (Å²) in [5.74, 6) is 1.91. The Morgan fingerprint density at radius 2 is 2.11 bits per heavy atom. The summed E-state index contributed by atoms with van der Waals surface area (Å²) < 4.78 is 5.45. The minimum absolute atomic E-state index is 0.269. The molecule has 0 aromatic heterocycles. The van der Waals surface area contributed by atoms with E-state index >= 15 is 0 Å². The number of hydrogen-bond donors (Lipinski definition) is 0. The lowest BCUT2D eigenvalue weighted by Gasteiger charge is -2.30. The fraction of sp³-hybridized carbons (Fsp3) is 1.00. The molecule has 1 heteroatoms. The molecule has 0 heterocycles. The van der Waals surface area contributed by atoms with E-state index in [-0.39, 0.29) is 5.60 Å². The maximum atomic E-state index is 5.45. The molecule has 3 aliphatic carbocycles. The number of hydrogen-bond acceptors (Lipinski definition) is 1. The fourth-order valence-electron chi connectivity index (χ4n) is 2.39. The van der Waals surface area contributed by atoms with Gasteiger partial charge < -0.3 is 4.74 Å². The summed E-state index contributed by atoms with van der Waals surface area (Å²) in [5.41, 5.74) is 0.269. The van der Waals surface area contributed by atoms with E-state index in [0.717, 1.165) is 11.8 Å². The second kappa shape index (κ2) is 1.51. The van der Waals surface area contributed by atoms with Gasteiger partial charge in [-0.3, -0.25) is 0 Å². The Morgan fingerprint density at radius 3 is 2.33 bits per heavy atom. The third-order valence-electron chi connectivity index (χ3n) is 3.26. The first-order valence-corrected chi connectivity index (χ1v) is 3.80. The number of methoxy groups -OCH3 is 1. The minimum Gasteiger partial charge on any atom is -0.378 e. The molecule has 0 aliphatic heterocycles. The zero-order valence-corrected chi connectivity index (χ0v) is 6.18.